The molecule has 0 atom stereocenters. The number of hydrogen-bond acceptors (Lipinski definition) is 2. The molecule has 17 heavy (non-hydrogen) atoms. The number of likely N-dealkylation sites (N-methyl/N-ethyl adjacent to an activating group) is 1. The third kappa shape index (κ3) is 3.44. The van der Waals surface area contributed by atoms with Gasteiger partial charge in [0.25, 0.3) is 5.91 Å². The predicted molar refractivity (Wildman–Crippen MR) is 64.6 cm³/mol. The zero-order valence-corrected chi connectivity index (χ0v) is 10.5. The number of rotatable bonds is 5. The van der Waals surface area contributed by atoms with Crippen molar-refractivity contribution >= 4 is 5.91 Å². The number of hydrogen-bond donors (Lipinski definition) is 0. The maximum atomic E-state index is 13.6. The highest BCUT2D eigenvalue weighted by atomic mass is 19.1. The van der Waals surface area contributed by atoms with E-state index in [4.69, 9.17) is 4.74 Å². The van der Waals surface area contributed by atoms with E-state index in [-0.39, 0.29) is 18.3 Å². The second-order valence-corrected chi connectivity index (χ2v) is 3.74. The van der Waals surface area contributed by atoms with Crippen LogP contribution >= 0.6 is 0 Å². The van der Waals surface area contributed by atoms with Crippen molar-refractivity contribution in [1.82, 2.24) is 4.90 Å². The predicted octanol–water partition coefficient (Wildman–Crippen LogP) is 2.38. The summed E-state index contributed by atoms with van der Waals surface area (Å²) in [6.07, 6.45) is 0. The molecule has 0 saturated carbocycles. The molecule has 0 saturated heterocycles. The summed E-state index contributed by atoms with van der Waals surface area (Å²) in [7, 11) is 0. The van der Waals surface area contributed by atoms with Gasteiger partial charge >= 0.3 is 0 Å². The van der Waals surface area contributed by atoms with Crippen LogP contribution in [0.2, 0.25) is 0 Å². The molecule has 0 unspecified atom stereocenters. The van der Waals surface area contributed by atoms with Gasteiger partial charge in [0.05, 0.1) is 0 Å². The average Bonchev–Trinajstić information content (AvgIpc) is 2.32. The molecule has 94 valence electrons. The van der Waals surface area contributed by atoms with Crippen LogP contribution in [0.25, 0.3) is 0 Å². The molecule has 0 aliphatic carbocycles. The molecule has 0 aliphatic rings. The van der Waals surface area contributed by atoms with Gasteiger partial charge in [0, 0.05) is 13.1 Å². The third-order valence-corrected chi connectivity index (χ3v) is 2.62. The second kappa shape index (κ2) is 6.23. The van der Waals surface area contributed by atoms with E-state index in [1.165, 1.54) is 6.07 Å². The minimum Gasteiger partial charge on any atom is -0.481 e. The molecule has 0 N–H and O–H groups in total. The number of carbonyl (C=O) groups excluding carboxylic acids is 1. The van der Waals surface area contributed by atoms with E-state index in [0.29, 0.717) is 18.7 Å². The molecule has 1 aromatic rings. The molecule has 4 heteroatoms. The van der Waals surface area contributed by atoms with E-state index in [1.807, 2.05) is 13.8 Å². The van der Waals surface area contributed by atoms with Crippen LogP contribution in [0.1, 0.15) is 19.4 Å². The summed E-state index contributed by atoms with van der Waals surface area (Å²) in [5, 5.41) is 0. The van der Waals surface area contributed by atoms with Crippen LogP contribution in [0.4, 0.5) is 4.39 Å². The molecule has 0 heterocycles. The topological polar surface area (TPSA) is 29.5 Å². The minimum absolute atomic E-state index is 0.123. The van der Waals surface area contributed by atoms with Gasteiger partial charge in [0.1, 0.15) is 0 Å². The largest absolute Gasteiger partial charge is 0.481 e. The van der Waals surface area contributed by atoms with Crippen LogP contribution < -0.4 is 4.74 Å². The normalized spacial score (nSPS) is 10.1. The molecule has 1 amide bonds. The quantitative estimate of drug-likeness (QED) is 0.789. The Morgan fingerprint density at radius 2 is 2.00 bits per heavy atom. The molecule has 0 aromatic heterocycles. The van der Waals surface area contributed by atoms with Gasteiger partial charge in [-0.05, 0) is 32.4 Å². The lowest BCUT2D eigenvalue weighted by atomic mass is 10.2. The van der Waals surface area contributed by atoms with Gasteiger partial charge in [-0.1, -0.05) is 12.1 Å². The van der Waals surface area contributed by atoms with Crippen LogP contribution in [-0.4, -0.2) is 30.5 Å². The van der Waals surface area contributed by atoms with Gasteiger partial charge in [-0.2, -0.15) is 0 Å². The first-order chi connectivity index (χ1) is 8.10. The number of nitrogens with zero attached hydrogens (tertiary/aromatic N) is 1. The van der Waals surface area contributed by atoms with Crippen molar-refractivity contribution in [2.75, 3.05) is 19.7 Å². The van der Waals surface area contributed by atoms with Crippen molar-refractivity contribution in [2.24, 2.45) is 0 Å². The molecule has 1 rings (SSSR count). The fraction of sp³-hybridized carbons (Fsp3) is 0.462. The summed E-state index contributed by atoms with van der Waals surface area (Å²) in [4.78, 5) is 13.3. The van der Waals surface area contributed by atoms with E-state index < -0.39 is 5.82 Å². The first-order valence-electron chi connectivity index (χ1n) is 5.75. The summed E-state index contributed by atoms with van der Waals surface area (Å²) in [6, 6.07) is 4.89. The molecule has 0 spiro atoms. The molecular weight excluding hydrogens is 221 g/mol. The van der Waals surface area contributed by atoms with Gasteiger partial charge in [-0.15, -0.1) is 0 Å². The highest BCUT2D eigenvalue weighted by Crippen LogP contribution is 2.19. The van der Waals surface area contributed by atoms with E-state index >= 15 is 0 Å². The summed E-state index contributed by atoms with van der Waals surface area (Å²) in [5.41, 5.74) is 0.512. The number of benzene rings is 1. The van der Waals surface area contributed by atoms with Gasteiger partial charge in [-0.3, -0.25) is 4.79 Å². The molecule has 3 nitrogen and oxygen atoms in total. The third-order valence-electron chi connectivity index (χ3n) is 2.62. The highest BCUT2D eigenvalue weighted by molar-refractivity contribution is 5.77. The lowest BCUT2D eigenvalue weighted by Gasteiger charge is -2.18. The lowest BCUT2D eigenvalue weighted by molar-refractivity contribution is -0.133. The number of amides is 1. The fourth-order valence-electron chi connectivity index (χ4n) is 1.54. The Morgan fingerprint density at radius 1 is 1.35 bits per heavy atom. The number of carbonyl (C=O) groups is 1. The zero-order valence-electron chi connectivity index (χ0n) is 10.5. The Balaban J connectivity index is 2.61. The van der Waals surface area contributed by atoms with Crippen molar-refractivity contribution in [1.29, 1.82) is 0 Å². The van der Waals surface area contributed by atoms with E-state index in [0.717, 1.165) is 0 Å². The van der Waals surface area contributed by atoms with Crippen LogP contribution in [0.15, 0.2) is 18.2 Å². The summed E-state index contributed by atoms with van der Waals surface area (Å²) in [5.74, 6) is -0.402. The van der Waals surface area contributed by atoms with Gasteiger partial charge in [0.15, 0.2) is 18.2 Å². The zero-order chi connectivity index (χ0) is 12.8. The van der Waals surface area contributed by atoms with Crippen molar-refractivity contribution in [3.63, 3.8) is 0 Å². The SMILES string of the molecule is CCN(CC)C(=O)COc1cccc(C)c1F. The average molecular weight is 239 g/mol. The lowest BCUT2D eigenvalue weighted by Crippen LogP contribution is -2.34. The first-order valence-corrected chi connectivity index (χ1v) is 5.75. The Kier molecular flexibility index (Phi) is 4.94. The molecular formula is C13H18FNO2. The monoisotopic (exact) mass is 239 g/mol. The Morgan fingerprint density at radius 3 is 2.59 bits per heavy atom. The van der Waals surface area contributed by atoms with Crippen LogP contribution in [0, 0.1) is 12.7 Å². The fourth-order valence-corrected chi connectivity index (χ4v) is 1.54. The molecule has 0 aliphatic heterocycles. The summed E-state index contributed by atoms with van der Waals surface area (Å²) >= 11 is 0. The van der Waals surface area contributed by atoms with Crippen LogP contribution in [0.5, 0.6) is 5.75 Å². The maximum Gasteiger partial charge on any atom is 0.260 e. The molecule has 1 aromatic carbocycles. The standard InChI is InChI=1S/C13H18FNO2/c1-4-15(5-2)12(16)9-17-11-8-6-7-10(3)13(11)14/h6-8H,4-5,9H2,1-3H3. The van der Waals surface area contributed by atoms with Gasteiger partial charge in [0.2, 0.25) is 0 Å². The van der Waals surface area contributed by atoms with E-state index in [9.17, 15) is 9.18 Å². The van der Waals surface area contributed by atoms with E-state index in [2.05, 4.69) is 0 Å². The molecule has 0 bridgehead atoms. The Labute approximate surface area is 101 Å². The van der Waals surface area contributed by atoms with Crippen molar-refractivity contribution in [3.8, 4) is 5.75 Å². The Hall–Kier alpha value is -1.58. The van der Waals surface area contributed by atoms with E-state index in [1.54, 1.807) is 24.0 Å². The van der Waals surface area contributed by atoms with Crippen LogP contribution in [-0.2, 0) is 4.79 Å². The molecule has 0 radical (unpaired) electrons. The first kappa shape index (κ1) is 13.5. The summed E-state index contributed by atoms with van der Waals surface area (Å²) in [6.45, 7) is 6.60. The minimum atomic E-state index is -0.403. The number of ether oxygens (including phenoxy) is 1. The second-order valence-electron chi connectivity index (χ2n) is 3.74. The van der Waals surface area contributed by atoms with Crippen molar-refractivity contribution in [2.45, 2.75) is 20.8 Å². The molecule has 0 fully saturated rings. The van der Waals surface area contributed by atoms with Crippen LogP contribution in [0.3, 0.4) is 0 Å². The summed E-state index contributed by atoms with van der Waals surface area (Å²) < 4.78 is 18.8. The maximum absolute atomic E-state index is 13.6. The highest BCUT2D eigenvalue weighted by Gasteiger charge is 2.12. The van der Waals surface area contributed by atoms with Gasteiger partial charge < -0.3 is 9.64 Å². The Bertz CT molecular complexity index is 389. The number of halogens is 1. The van der Waals surface area contributed by atoms with Crippen molar-refractivity contribution in [3.05, 3.63) is 29.6 Å². The number of aryl methyl sites for hydroxylation is 1. The smallest absolute Gasteiger partial charge is 0.260 e. The van der Waals surface area contributed by atoms with Crippen molar-refractivity contribution < 1.29 is 13.9 Å². The van der Waals surface area contributed by atoms with Gasteiger partial charge in [-0.25, -0.2) is 4.39 Å².